The van der Waals surface area contributed by atoms with Gasteiger partial charge in [0.25, 0.3) is 0 Å². The van der Waals surface area contributed by atoms with Gasteiger partial charge in [0.15, 0.2) is 0 Å². The molecular weight excluding hydrogens is 316 g/mol. The molecule has 138 valence electrons. The molecule has 5 heteroatoms. The molecule has 5 nitrogen and oxygen atoms in total. The van der Waals surface area contributed by atoms with Crippen molar-refractivity contribution in [1.29, 1.82) is 0 Å². The molecule has 1 aromatic rings. The summed E-state index contributed by atoms with van der Waals surface area (Å²) >= 11 is 0. The first kappa shape index (κ1) is 18.2. The maximum atomic E-state index is 11.8. The Kier molecular flexibility index (Phi) is 5.97. The zero-order chi connectivity index (χ0) is 17.8. The summed E-state index contributed by atoms with van der Waals surface area (Å²) in [6.45, 7) is 5.75. The average Bonchev–Trinajstić information content (AvgIpc) is 3.10. The smallest absolute Gasteiger partial charge is 0.308 e. The average molecular weight is 346 g/mol. The van der Waals surface area contributed by atoms with Gasteiger partial charge in [-0.1, -0.05) is 12.1 Å². The van der Waals surface area contributed by atoms with Crippen LogP contribution < -0.4 is 10.2 Å². The fraction of sp³-hybridized carbons (Fsp3) is 0.650. The van der Waals surface area contributed by atoms with E-state index in [4.69, 9.17) is 9.47 Å². The maximum absolute atomic E-state index is 11.8. The fourth-order valence-electron chi connectivity index (χ4n) is 4.18. The highest BCUT2D eigenvalue weighted by Gasteiger charge is 2.30. The van der Waals surface area contributed by atoms with Crippen LogP contribution in [0, 0.1) is 12.8 Å². The van der Waals surface area contributed by atoms with Crippen LogP contribution in [0.4, 0.5) is 5.69 Å². The molecule has 0 aliphatic carbocycles. The minimum Gasteiger partial charge on any atom is -0.469 e. The van der Waals surface area contributed by atoms with Crippen molar-refractivity contribution >= 4 is 11.7 Å². The molecule has 0 aromatic heterocycles. The number of aryl methyl sites for hydroxylation is 1. The summed E-state index contributed by atoms with van der Waals surface area (Å²) in [4.78, 5) is 14.2. The van der Waals surface area contributed by atoms with Gasteiger partial charge in [-0.3, -0.25) is 4.79 Å². The van der Waals surface area contributed by atoms with E-state index >= 15 is 0 Å². The number of esters is 1. The predicted molar refractivity (Wildman–Crippen MR) is 99.2 cm³/mol. The highest BCUT2D eigenvalue weighted by atomic mass is 16.5. The van der Waals surface area contributed by atoms with Crippen LogP contribution >= 0.6 is 0 Å². The van der Waals surface area contributed by atoms with Crippen LogP contribution in [0.1, 0.15) is 36.3 Å². The van der Waals surface area contributed by atoms with Crippen molar-refractivity contribution in [3.8, 4) is 0 Å². The quantitative estimate of drug-likeness (QED) is 0.830. The number of piperidine rings is 1. The summed E-state index contributed by atoms with van der Waals surface area (Å²) in [5.74, 6) is 0.509. The molecule has 0 spiro atoms. The second kappa shape index (κ2) is 8.19. The third-order valence-corrected chi connectivity index (χ3v) is 5.59. The zero-order valence-corrected chi connectivity index (χ0v) is 15.6. The lowest BCUT2D eigenvalue weighted by Crippen LogP contribution is -2.37. The van der Waals surface area contributed by atoms with Gasteiger partial charge < -0.3 is 19.7 Å². The standard InChI is InChI=1S/C20H30N2O3/c1-14-4-5-18(16-11-17(13-24-2)21-12-16)19(10-14)22-8-6-15(7-9-22)20(23)25-3/h4-5,10,15-17,21H,6-9,11-13H2,1-3H3/t16-,17+/m1/s1. The molecule has 0 amide bonds. The van der Waals surface area contributed by atoms with Gasteiger partial charge in [0.1, 0.15) is 0 Å². The first-order valence-electron chi connectivity index (χ1n) is 9.28. The number of hydrogen-bond donors (Lipinski definition) is 1. The summed E-state index contributed by atoms with van der Waals surface area (Å²) in [7, 11) is 3.24. The second-order valence-electron chi connectivity index (χ2n) is 7.34. The molecule has 1 aromatic carbocycles. The number of ether oxygens (including phenoxy) is 2. The van der Waals surface area contributed by atoms with E-state index < -0.39 is 0 Å². The topological polar surface area (TPSA) is 50.8 Å². The second-order valence-corrected chi connectivity index (χ2v) is 7.34. The molecule has 0 unspecified atom stereocenters. The predicted octanol–water partition coefficient (Wildman–Crippen LogP) is 2.48. The van der Waals surface area contributed by atoms with Crippen LogP contribution in [0.3, 0.4) is 0 Å². The van der Waals surface area contributed by atoms with Crippen molar-refractivity contribution in [2.45, 2.75) is 38.1 Å². The van der Waals surface area contributed by atoms with Gasteiger partial charge in [-0.05, 0) is 49.3 Å². The van der Waals surface area contributed by atoms with Crippen molar-refractivity contribution in [3.05, 3.63) is 29.3 Å². The van der Waals surface area contributed by atoms with Crippen molar-refractivity contribution < 1.29 is 14.3 Å². The molecule has 25 heavy (non-hydrogen) atoms. The van der Waals surface area contributed by atoms with Crippen molar-refractivity contribution in [2.24, 2.45) is 5.92 Å². The number of hydrogen-bond acceptors (Lipinski definition) is 5. The number of benzene rings is 1. The molecule has 1 N–H and O–H groups in total. The maximum Gasteiger partial charge on any atom is 0.308 e. The number of nitrogens with zero attached hydrogens (tertiary/aromatic N) is 1. The minimum atomic E-state index is -0.0634. The van der Waals surface area contributed by atoms with E-state index in [1.165, 1.54) is 23.9 Å². The van der Waals surface area contributed by atoms with Crippen molar-refractivity contribution in [3.63, 3.8) is 0 Å². The Morgan fingerprint density at radius 2 is 2.04 bits per heavy atom. The number of carbonyl (C=O) groups excluding carboxylic acids is 1. The number of carbonyl (C=O) groups is 1. The molecule has 2 atom stereocenters. The lowest BCUT2D eigenvalue weighted by Gasteiger charge is -2.35. The molecule has 0 radical (unpaired) electrons. The third-order valence-electron chi connectivity index (χ3n) is 5.59. The summed E-state index contributed by atoms with van der Waals surface area (Å²) < 4.78 is 10.2. The highest BCUT2D eigenvalue weighted by molar-refractivity contribution is 5.72. The van der Waals surface area contributed by atoms with E-state index in [9.17, 15) is 4.79 Å². The van der Waals surface area contributed by atoms with Gasteiger partial charge in [0, 0.05) is 38.5 Å². The van der Waals surface area contributed by atoms with Crippen LogP contribution in [0.15, 0.2) is 18.2 Å². The monoisotopic (exact) mass is 346 g/mol. The van der Waals surface area contributed by atoms with Crippen molar-refractivity contribution in [1.82, 2.24) is 5.32 Å². The Balaban J connectivity index is 1.73. The van der Waals surface area contributed by atoms with Gasteiger partial charge in [-0.25, -0.2) is 0 Å². The molecular formula is C20H30N2O3. The Morgan fingerprint density at radius 1 is 1.28 bits per heavy atom. The van der Waals surface area contributed by atoms with Gasteiger partial charge in [0.2, 0.25) is 0 Å². The fourth-order valence-corrected chi connectivity index (χ4v) is 4.18. The van der Waals surface area contributed by atoms with Gasteiger partial charge in [0.05, 0.1) is 19.6 Å². The summed E-state index contributed by atoms with van der Waals surface area (Å²) in [6, 6.07) is 7.24. The third kappa shape index (κ3) is 4.15. The van der Waals surface area contributed by atoms with E-state index in [-0.39, 0.29) is 11.9 Å². The van der Waals surface area contributed by atoms with Gasteiger partial charge in [-0.2, -0.15) is 0 Å². The van der Waals surface area contributed by atoms with Gasteiger partial charge >= 0.3 is 5.97 Å². The SMILES string of the molecule is COC[C@@H]1C[C@@H](c2ccc(C)cc2N2CCC(C(=O)OC)CC2)CN1. The van der Waals surface area contributed by atoms with E-state index in [2.05, 4.69) is 35.3 Å². The van der Waals surface area contributed by atoms with E-state index in [1.807, 2.05) is 0 Å². The van der Waals surface area contributed by atoms with Crippen LogP contribution in [0.2, 0.25) is 0 Å². The van der Waals surface area contributed by atoms with E-state index in [0.717, 1.165) is 45.5 Å². The Labute approximate surface area is 150 Å². The largest absolute Gasteiger partial charge is 0.469 e. The molecule has 2 fully saturated rings. The Hall–Kier alpha value is -1.59. The van der Waals surface area contributed by atoms with Crippen molar-refractivity contribution in [2.75, 3.05) is 45.4 Å². The van der Waals surface area contributed by atoms with Crippen LogP contribution in [0.25, 0.3) is 0 Å². The highest BCUT2D eigenvalue weighted by Crippen LogP contribution is 2.36. The molecule has 2 heterocycles. The molecule has 3 rings (SSSR count). The number of anilines is 1. The lowest BCUT2D eigenvalue weighted by molar-refractivity contribution is -0.146. The first-order valence-corrected chi connectivity index (χ1v) is 9.28. The van der Waals surface area contributed by atoms with Crippen LogP contribution in [-0.2, 0) is 14.3 Å². The Bertz CT molecular complexity index is 597. The summed E-state index contributed by atoms with van der Waals surface area (Å²) in [6.07, 6.45) is 2.85. The molecule has 0 saturated carbocycles. The first-order chi connectivity index (χ1) is 12.1. The summed E-state index contributed by atoms with van der Waals surface area (Å²) in [5, 5.41) is 3.58. The summed E-state index contributed by atoms with van der Waals surface area (Å²) in [5.41, 5.74) is 4.05. The van der Waals surface area contributed by atoms with E-state index in [0.29, 0.717) is 12.0 Å². The number of nitrogens with one attached hydrogen (secondary N) is 1. The van der Waals surface area contributed by atoms with Crippen LogP contribution in [-0.4, -0.2) is 52.5 Å². The minimum absolute atomic E-state index is 0.0498. The normalized spacial score (nSPS) is 24.5. The molecule has 2 aliphatic heterocycles. The molecule has 2 saturated heterocycles. The molecule has 2 aliphatic rings. The Morgan fingerprint density at radius 3 is 2.72 bits per heavy atom. The number of rotatable bonds is 5. The van der Waals surface area contributed by atoms with Gasteiger partial charge in [-0.15, -0.1) is 0 Å². The zero-order valence-electron chi connectivity index (χ0n) is 15.6. The molecule has 0 bridgehead atoms. The van der Waals surface area contributed by atoms with E-state index in [1.54, 1.807) is 7.11 Å². The van der Waals surface area contributed by atoms with Crippen LogP contribution in [0.5, 0.6) is 0 Å². The number of methoxy groups -OCH3 is 2. The lowest BCUT2D eigenvalue weighted by atomic mass is 9.91.